The van der Waals surface area contributed by atoms with E-state index >= 15 is 0 Å². The number of carbonyl (C=O) groups is 1. The van der Waals surface area contributed by atoms with Crippen LogP contribution < -0.4 is 5.32 Å². The molecule has 4 N–H and O–H groups in total. The van der Waals surface area contributed by atoms with Crippen molar-refractivity contribution in [3.63, 3.8) is 0 Å². The first-order valence-electron chi connectivity index (χ1n) is 7.19. The molecule has 1 aromatic carbocycles. The second-order valence-corrected chi connectivity index (χ2v) is 5.17. The van der Waals surface area contributed by atoms with Crippen LogP contribution in [0, 0.1) is 0 Å². The summed E-state index contributed by atoms with van der Waals surface area (Å²) in [6.45, 7) is -0.418. The molecule has 0 radical (unpaired) electrons. The van der Waals surface area contributed by atoms with Crippen LogP contribution in [0.1, 0.15) is 5.56 Å². The molecule has 23 heavy (non-hydrogen) atoms. The summed E-state index contributed by atoms with van der Waals surface area (Å²) in [5, 5.41) is 31.5. The number of carbonyl (C=O) groups excluding carboxylic acids is 1. The number of aliphatic hydroxyl groups is 3. The predicted octanol–water partition coefficient (Wildman–Crippen LogP) is -0.633. The number of hydrogen-bond acceptors (Lipinski definition) is 7. The van der Waals surface area contributed by atoms with E-state index in [0.717, 1.165) is 5.56 Å². The topological polar surface area (TPSA) is 117 Å². The minimum Gasteiger partial charge on any atom is -0.445 e. The van der Waals surface area contributed by atoms with Crippen LogP contribution in [0.15, 0.2) is 30.3 Å². The zero-order valence-electron chi connectivity index (χ0n) is 12.7. The number of aliphatic hydroxyl groups excluding tert-OH is 3. The van der Waals surface area contributed by atoms with Gasteiger partial charge in [0, 0.05) is 7.11 Å². The Kier molecular flexibility index (Phi) is 6.31. The molecule has 2 unspecified atom stereocenters. The molecule has 0 bridgehead atoms. The van der Waals surface area contributed by atoms with E-state index in [0.29, 0.717) is 0 Å². The fourth-order valence-corrected chi connectivity index (χ4v) is 2.34. The number of rotatable bonds is 5. The van der Waals surface area contributed by atoms with E-state index in [2.05, 4.69) is 5.32 Å². The van der Waals surface area contributed by atoms with E-state index < -0.39 is 43.3 Å². The molecule has 1 aromatic rings. The van der Waals surface area contributed by atoms with Gasteiger partial charge >= 0.3 is 6.09 Å². The summed E-state index contributed by atoms with van der Waals surface area (Å²) >= 11 is 0. The van der Waals surface area contributed by atoms with Gasteiger partial charge in [-0.05, 0) is 5.56 Å². The summed E-state index contributed by atoms with van der Waals surface area (Å²) in [4.78, 5) is 11.9. The molecule has 8 heteroatoms. The summed E-state index contributed by atoms with van der Waals surface area (Å²) < 4.78 is 15.4. The number of hydrogen-bond donors (Lipinski definition) is 4. The van der Waals surface area contributed by atoms with Crippen molar-refractivity contribution in [2.75, 3.05) is 13.7 Å². The second kappa shape index (κ2) is 8.23. The molecule has 0 aromatic heterocycles. The molecule has 128 valence electrons. The van der Waals surface area contributed by atoms with E-state index in [1.807, 2.05) is 18.2 Å². The lowest BCUT2D eigenvalue weighted by molar-refractivity contribution is -0.262. The van der Waals surface area contributed by atoms with Crippen LogP contribution in [0.2, 0.25) is 0 Å². The van der Waals surface area contributed by atoms with Gasteiger partial charge in [-0.15, -0.1) is 0 Å². The molecule has 1 heterocycles. The summed E-state index contributed by atoms with van der Waals surface area (Å²) in [5.74, 6) is 0. The van der Waals surface area contributed by atoms with Gasteiger partial charge in [0.1, 0.15) is 31.0 Å². The third kappa shape index (κ3) is 4.40. The zero-order chi connectivity index (χ0) is 16.8. The van der Waals surface area contributed by atoms with Gasteiger partial charge in [-0.1, -0.05) is 30.3 Å². The standard InChI is InChI=1S/C15H21NO7/c1-21-14-11(13(19)12(18)10(7-17)23-14)16-15(20)22-8-9-5-3-2-4-6-9/h2-6,10-14,17-19H,7-8H2,1H3,(H,16,20)/t10?,11?,12-,13+,14+/m1/s1. The average Bonchev–Trinajstić information content (AvgIpc) is 2.58. The molecule has 1 saturated heterocycles. The van der Waals surface area contributed by atoms with Crippen LogP contribution in [0.5, 0.6) is 0 Å². The Bertz CT molecular complexity index is 496. The normalized spacial score (nSPS) is 30.7. The smallest absolute Gasteiger partial charge is 0.407 e. The maximum Gasteiger partial charge on any atom is 0.407 e. The van der Waals surface area contributed by atoms with Crippen molar-refractivity contribution in [3.05, 3.63) is 35.9 Å². The SMILES string of the molecule is CO[C@H]1OC(CO)[C@@H](O)[C@@H](O)C1NC(=O)OCc1ccccc1. The molecule has 1 amide bonds. The molecule has 0 aliphatic carbocycles. The van der Waals surface area contributed by atoms with Crippen molar-refractivity contribution >= 4 is 6.09 Å². The lowest BCUT2D eigenvalue weighted by Gasteiger charge is -2.41. The number of nitrogens with one attached hydrogen (secondary N) is 1. The molecule has 5 atom stereocenters. The molecule has 1 fully saturated rings. The first-order valence-corrected chi connectivity index (χ1v) is 7.19. The van der Waals surface area contributed by atoms with Crippen LogP contribution in [0.25, 0.3) is 0 Å². The summed E-state index contributed by atoms with van der Waals surface area (Å²) in [5.41, 5.74) is 0.812. The van der Waals surface area contributed by atoms with Gasteiger partial charge in [0.25, 0.3) is 0 Å². The average molecular weight is 327 g/mol. The van der Waals surface area contributed by atoms with Crippen molar-refractivity contribution in [1.29, 1.82) is 0 Å². The summed E-state index contributed by atoms with van der Waals surface area (Å²) in [7, 11) is 1.33. The highest BCUT2D eigenvalue weighted by atomic mass is 16.7. The van der Waals surface area contributed by atoms with Crippen LogP contribution in [-0.2, 0) is 20.8 Å². The van der Waals surface area contributed by atoms with E-state index in [4.69, 9.17) is 19.3 Å². The first-order chi connectivity index (χ1) is 11.1. The monoisotopic (exact) mass is 327 g/mol. The maximum atomic E-state index is 11.9. The number of amides is 1. The Morgan fingerprint density at radius 1 is 1.26 bits per heavy atom. The summed E-state index contributed by atoms with van der Waals surface area (Å²) in [6, 6.07) is 8.07. The molecular weight excluding hydrogens is 306 g/mol. The fraction of sp³-hybridized carbons (Fsp3) is 0.533. The maximum absolute atomic E-state index is 11.9. The van der Waals surface area contributed by atoms with Crippen LogP contribution in [0.4, 0.5) is 4.79 Å². The second-order valence-electron chi connectivity index (χ2n) is 5.17. The van der Waals surface area contributed by atoms with Gasteiger partial charge < -0.3 is 34.8 Å². The fourth-order valence-electron chi connectivity index (χ4n) is 2.34. The van der Waals surface area contributed by atoms with Crippen molar-refractivity contribution in [2.24, 2.45) is 0 Å². The van der Waals surface area contributed by atoms with Crippen LogP contribution in [-0.4, -0.2) is 65.8 Å². The van der Waals surface area contributed by atoms with Crippen molar-refractivity contribution < 1.29 is 34.3 Å². The minimum absolute atomic E-state index is 0.0653. The zero-order valence-corrected chi connectivity index (χ0v) is 12.7. The van der Waals surface area contributed by atoms with E-state index in [1.165, 1.54) is 7.11 Å². The highest BCUT2D eigenvalue weighted by molar-refractivity contribution is 5.67. The number of ether oxygens (including phenoxy) is 3. The summed E-state index contributed by atoms with van der Waals surface area (Å²) in [6.07, 6.45) is -5.51. The van der Waals surface area contributed by atoms with Gasteiger partial charge in [0.2, 0.25) is 0 Å². The van der Waals surface area contributed by atoms with Gasteiger partial charge in [-0.2, -0.15) is 0 Å². The van der Waals surface area contributed by atoms with Gasteiger partial charge in [-0.3, -0.25) is 0 Å². The molecule has 0 spiro atoms. The van der Waals surface area contributed by atoms with E-state index in [1.54, 1.807) is 12.1 Å². The third-order valence-electron chi connectivity index (χ3n) is 3.61. The molecule has 8 nitrogen and oxygen atoms in total. The number of alkyl carbamates (subject to hydrolysis) is 1. The highest BCUT2D eigenvalue weighted by Crippen LogP contribution is 2.21. The van der Waals surface area contributed by atoms with E-state index in [9.17, 15) is 15.0 Å². The lowest BCUT2D eigenvalue weighted by Crippen LogP contribution is -2.64. The quantitative estimate of drug-likeness (QED) is 0.568. The Morgan fingerprint density at radius 2 is 1.96 bits per heavy atom. The van der Waals surface area contributed by atoms with Gasteiger partial charge in [0.15, 0.2) is 6.29 Å². The van der Waals surface area contributed by atoms with Crippen molar-refractivity contribution in [1.82, 2.24) is 5.32 Å². The lowest BCUT2D eigenvalue weighted by atomic mass is 9.97. The van der Waals surface area contributed by atoms with Crippen LogP contribution in [0.3, 0.4) is 0 Å². The molecule has 1 aliphatic rings. The number of benzene rings is 1. The Morgan fingerprint density at radius 3 is 2.57 bits per heavy atom. The first kappa shape index (κ1) is 17.6. The largest absolute Gasteiger partial charge is 0.445 e. The Hall–Kier alpha value is -1.71. The van der Waals surface area contributed by atoms with Crippen molar-refractivity contribution in [3.8, 4) is 0 Å². The number of methoxy groups -OCH3 is 1. The van der Waals surface area contributed by atoms with E-state index in [-0.39, 0.29) is 6.61 Å². The molecule has 0 saturated carbocycles. The third-order valence-corrected chi connectivity index (χ3v) is 3.61. The molecule has 1 aliphatic heterocycles. The van der Waals surface area contributed by atoms with Gasteiger partial charge in [-0.25, -0.2) is 4.79 Å². The van der Waals surface area contributed by atoms with Crippen LogP contribution >= 0.6 is 0 Å². The van der Waals surface area contributed by atoms with Gasteiger partial charge in [0.05, 0.1) is 6.61 Å². The Balaban J connectivity index is 1.92. The van der Waals surface area contributed by atoms with Crippen molar-refractivity contribution in [2.45, 2.75) is 37.3 Å². The Labute approximate surface area is 133 Å². The predicted molar refractivity (Wildman–Crippen MR) is 78.3 cm³/mol. The molecular formula is C15H21NO7. The highest BCUT2D eigenvalue weighted by Gasteiger charge is 2.45. The minimum atomic E-state index is -1.37. The molecule has 2 rings (SSSR count).